The summed E-state index contributed by atoms with van der Waals surface area (Å²) in [7, 11) is 3.33. The maximum Gasteiger partial charge on any atom is 0.414 e. The summed E-state index contributed by atoms with van der Waals surface area (Å²) in [6.45, 7) is 2.02. The van der Waals surface area contributed by atoms with Crippen LogP contribution in [0.4, 0.5) is 0 Å². The minimum Gasteiger partial charge on any atom is -0.493 e. The van der Waals surface area contributed by atoms with Gasteiger partial charge in [0.2, 0.25) is 0 Å². The number of aliphatic carboxylic acids is 2. The number of carboxylic acids is 2. The molecule has 0 aliphatic heterocycles. The molecule has 0 fully saturated rings. The van der Waals surface area contributed by atoms with Gasteiger partial charge in [-0.15, -0.1) is 0 Å². The molecule has 2 aromatic rings. The van der Waals surface area contributed by atoms with Crippen LogP contribution >= 0.6 is 0 Å². The van der Waals surface area contributed by atoms with E-state index in [4.69, 9.17) is 29.3 Å². The number of carboxylic acid groups (broad SMARTS) is 2. The summed E-state index contributed by atoms with van der Waals surface area (Å²) in [6.07, 6.45) is 3.28. The summed E-state index contributed by atoms with van der Waals surface area (Å²) < 4.78 is 10.6. The van der Waals surface area contributed by atoms with Crippen molar-refractivity contribution in [1.82, 2.24) is 5.32 Å². The molecule has 0 heterocycles. The van der Waals surface area contributed by atoms with E-state index in [9.17, 15) is 0 Å². The number of rotatable bonds is 9. The van der Waals surface area contributed by atoms with Gasteiger partial charge in [0.05, 0.1) is 14.2 Å². The lowest BCUT2D eigenvalue weighted by molar-refractivity contribution is -0.159. The molecule has 0 radical (unpaired) electrons. The Morgan fingerprint density at radius 2 is 1.46 bits per heavy atom. The van der Waals surface area contributed by atoms with Crippen LogP contribution in [0.3, 0.4) is 0 Å². The first-order chi connectivity index (χ1) is 13.5. The minimum atomic E-state index is -1.82. The zero-order valence-corrected chi connectivity index (χ0v) is 16.2. The Balaban J connectivity index is 0.000000568. The molecule has 0 amide bonds. The lowest BCUT2D eigenvalue weighted by Gasteiger charge is -2.10. The second-order valence-corrected chi connectivity index (χ2v) is 5.89. The van der Waals surface area contributed by atoms with Crippen molar-refractivity contribution >= 4 is 11.9 Å². The molecule has 0 saturated heterocycles. The quantitative estimate of drug-likeness (QED) is 0.447. The predicted octanol–water partition coefficient (Wildman–Crippen LogP) is 2.62. The van der Waals surface area contributed by atoms with Gasteiger partial charge in [-0.25, -0.2) is 9.59 Å². The van der Waals surface area contributed by atoms with Crippen LogP contribution in [0.25, 0.3) is 0 Å². The topological polar surface area (TPSA) is 105 Å². The summed E-state index contributed by atoms with van der Waals surface area (Å²) >= 11 is 0. The molecule has 2 rings (SSSR count). The Bertz CT molecular complexity index is 721. The molecule has 28 heavy (non-hydrogen) atoms. The molecule has 0 saturated carbocycles. The van der Waals surface area contributed by atoms with Gasteiger partial charge in [-0.3, -0.25) is 0 Å². The van der Waals surface area contributed by atoms with Crippen LogP contribution in [0.1, 0.15) is 17.5 Å². The van der Waals surface area contributed by atoms with Gasteiger partial charge in [0.25, 0.3) is 0 Å². The van der Waals surface area contributed by atoms with E-state index in [1.807, 2.05) is 12.1 Å². The van der Waals surface area contributed by atoms with Gasteiger partial charge in [0.15, 0.2) is 11.5 Å². The van der Waals surface area contributed by atoms with Crippen molar-refractivity contribution in [2.45, 2.75) is 19.3 Å². The van der Waals surface area contributed by atoms with Crippen LogP contribution in [0.2, 0.25) is 0 Å². The summed E-state index contributed by atoms with van der Waals surface area (Å²) in [5.74, 6) is -2.07. The average Bonchev–Trinajstić information content (AvgIpc) is 2.71. The van der Waals surface area contributed by atoms with Gasteiger partial charge in [-0.05, 0) is 55.6 Å². The van der Waals surface area contributed by atoms with Crippen molar-refractivity contribution in [3.8, 4) is 11.5 Å². The van der Waals surface area contributed by atoms with E-state index >= 15 is 0 Å². The van der Waals surface area contributed by atoms with E-state index in [0.717, 1.165) is 43.9 Å². The van der Waals surface area contributed by atoms with Crippen molar-refractivity contribution in [1.29, 1.82) is 0 Å². The average molecular weight is 389 g/mol. The van der Waals surface area contributed by atoms with E-state index in [-0.39, 0.29) is 0 Å². The maximum atomic E-state index is 9.10. The van der Waals surface area contributed by atoms with E-state index in [1.165, 1.54) is 11.1 Å². The van der Waals surface area contributed by atoms with E-state index in [0.29, 0.717) is 0 Å². The largest absolute Gasteiger partial charge is 0.493 e. The number of carbonyl (C=O) groups is 2. The second kappa shape index (κ2) is 13.2. The third-order valence-corrected chi connectivity index (χ3v) is 3.88. The monoisotopic (exact) mass is 389 g/mol. The fraction of sp³-hybridized carbons (Fsp3) is 0.333. The maximum absolute atomic E-state index is 9.10. The molecule has 0 unspecified atom stereocenters. The van der Waals surface area contributed by atoms with Crippen molar-refractivity contribution in [2.75, 3.05) is 27.3 Å². The molecular formula is C21H27NO6. The van der Waals surface area contributed by atoms with Crippen LogP contribution in [0.15, 0.2) is 48.5 Å². The summed E-state index contributed by atoms with van der Waals surface area (Å²) in [5, 5.41) is 18.3. The molecule has 7 heteroatoms. The summed E-state index contributed by atoms with van der Waals surface area (Å²) in [4.78, 5) is 18.2. The number of benzene rings is 2. The van der Waals surface area contributed by atoms with E-state index in [2.05, 4.69) is 41.7 Å². The summed E-state index contributed by atoms with van der Waals surface area (Å²) in [6, 6.07) is 16.7. The fourth-order valence-corrected chi connectivity index (χ4v) is 2.46. The van der Waals surface area contributed by atoms with Crippen molar-refractivity contribution in [3.05, 3.63) is 59.7 Å². The number of ether oxygens (including phenoxy) is 2. The predicted molar refractivity (Wildman–Crippen MR) is 106 cm³/mol. The number of hydrogen-bond acceptors (Lipinski definition) is 5. The molecule has 3 N–H and O–H groups in total. The Morgan fingerprint density at radius 3 is 2.04 bits per heavy atom. The SMILES string of the molecule is COc1ccc(CCNCCCc2ccccc2)cc1OC.O=C(O)C(=O)O. The lowest BCUT2D eigenvalue weighted by Crippen LogP contribution is -2.19. The third-order valence-electron chi connectivity index (χ3n) is 3.88. The Hall–Kier alpha value is -3.06. The van der Waals surface area contributed by atoms with Gasteiger partial charge < -0.3 is 25.0 Å². The highest BCUT2D eigenvalue weighted by Crippen LogP contribution is 2.27. The number of hydrogen-bond donors (Lipinski definition) is 3. The van der Waals surface area contributed by atoms with Crippen molar-refractivity contribution in [2.24, 2.45) is 0 Å². The van der Waals surface area contributed by atoms with Gasteiger partial charge in [-0.1, -0.05) is 36.4 Å². The Morgan fingerprint density at radius 1 is 0.821 bits per heavy atom. The highest BCUT2D eigenvalue weighted by molar-refractivity contribution is 6.27. The van der Waals surface area contributed by atoms with Crippen molar-refractivity contribution < 1.29 is 29.3 Å². The zero-order valence-electron chi connectivity index (χ0n) is 16.2. The lowest BCUT2D eigenvalue weighted by atomic mass is 10.1. The molecule has 0 bridgehead atoms. The molecular weight excluding hydrogens is 362 g/mol. The molecule has 2 aromatic carbocycles. The van der Waals surface area contributed by atoms with Crippen LogP contribution in [-0.4, -0.2) is 49.5 Å². The highest BCUT2D eigenvalue weighted by atomic mass is 16.5. The van der Waals surface area contributed by atoms with Crippen LogP contribution in [-0.2, 0) is 22.4 Å². The first-order valence-electron chi connectivity index (χ1n) is 8.89. The van der Waals surface area contributed by atoms with Crippen LogP contribution in [0, 0.1) is 0 Å². The summed E-state index contributed by atoms with van der Waals surface area (Å²) in [5.41, 5.74) is 2.66. The van der Waals surface area contributed by atoms with Crippen molar-refractivity contribution in [3.63, 3.8) is 0 Å². The number of methoxy groups -OCH3 is 2. The smallest absolute Gasteiger partial charge is 0.414 e. The fourth-order valence-electron chi connectivity index (χ4n) is 2.46. The van der Waals surface area contributed by atoms with Gasteiger partial charge >= 0.3 is 11.9 Å². The van der Waals surface area contributed by atoms with Gasteiger partial charge in [0, 0.05) is 0 Å². The molecule has 0 spiro atoms. The van der Waals surface area contributed by atoms with Crippen LogP contribution < -0.4 is 14.8 Å². The minimum absolute atomic E-state index is 0.780. The van der Waals surface area contributed by atoms with Crippen LogP contribution in [0.5, 0.6) is 11.5 Å². The standard InChI is InChI=1S/C19H25NO2.C2H2O4/c1-21-18-11-10-17(15-19(18)22-2)12-14-20-13-6-9-16-7-4-3-5-8-16;3-1(4)2(5)6/h3-5,7-8,10-11,15,20H,6,9,12-14H2,1-2H3;(H,3,4)(H,5,6). The zero-order chi connectivity index (χ0) is 20.8. The highest BCUT2D eigenvalue weighted by Gasteiger charge is 2.04. The first kappa shape index (κ1) is 23.0. The Labute approximate surface area is 164 Å². The molecule has 0 aliphatic rings. The number of aryl methyl sites for hydroxylation is 1. The van der Waals surface area contributed by atoms with Gasteiger partial charge in [0.1, 0.15) is 0 Å². The van der Waals surface area contributed by atoms with E-state index in [1.54, 1.807) is 14.2 Å². The molecule has 0 aromatic heterocycles. The molecule has 0 atom stereocenters. The molecule has 7 nitrogen and oxygen atoms in total. The normalized spacial score (nSPS) is 9.79. The van der Waals surface area contributed by atoms with E-state index < -0.39 is 11.9 Å². The second-order valence-electron chi connectivity index (χ2n) is 5.89. The first-order valence-corrected chi connectivity index (χ1v) is 8.89. The Kier molecular flexibility index (Phi) is 10.8. The third kappa shape index (κ3) is 9.05. The number of nitrogens with one attached hydrogen (secondary N) is 1. The molecule has 152 valence electrons. The molecule has 0 aliphatic carbocycles. The van der Waals surface area contributed by atoms with Gasteiger partial charge in [-0.2, -0.15) is 0 Å².